The smallest absolute Gasteiger partial charge is 0.149 e. The molecule has 2 aromatic rings. The number of anilines is 1. The van der Waals surface area contributed by atoms with Crippen molar-refractivity contribution in [3.05, 3.63) is 64.7 Å². The Labute approximate surface area is 146 Å². The lowest BCUT2D eigenvalue weighted by atomic mass is 10.2. The van der Waals surface area contributed by atoms with Gasteiger partial charge < -0.3 is 5.32 Å². The Kier molecular flexibility index (Phi) is 5.30. The van der Waals surface area contributed by atoms with Crippen LogP contribution >= 0.6 is 11.6 Å². The quantitative estimate of drug-likeness (QED) is 0.738. The number of halogens is 1. The SMILES string of the molecule is N#Cc1ccc(NC2NCN(Cc3ccccc3Cl)CN2N)cc1. The lowest BCUT2D eigenvalue weighted by Crippen LogP contribution is -2.64. The van der Waals surface area contributed by atoms with Crippen molar-refractivity contribution in [1.29, 1.82) is 5.26 Å². The molecule has 4 N–H and O–H groups in total. The summed E-state index contributed by atoms with van der Waals surface area (Å²) in [6.45, 7) is 2.02. The Bertz CT molecular complexity index is 727. The minimum absolute atomic E-state index is 0.180. The third-order valence-corrected chi connectivity index (χ3v) is 4.24. The molecule has 124 valence electrons. The number of nitrogens with two attached hydrogens (primary N) is 1. The Morgan fingerprint density at radius 2 is 2.00 bits per heavy atom. The van der Waals surface area contributed by atoms with Gasteiger partial charge in [-0.25, -0.2) is 0 Å². The molecular formula is C17H19ClN6. The Morgan fingerprint density at radius 1 is 1.25 bits per heavy atom. The van der Waals surface area contributed by atoms with E-state index < -0.39 is 0 Å². The standard InChI is InChI=1S/C17H19ClN6/c18-16-4-2-1-3-14(16)10-23-11-21-17(24(20)12-23)22-15-7-5-13(9-19)6-8-15/h1-8,17,21-22H,10-12,20H2. The molecule has 0 amide bonds. The predicted octanol–water partition coefficient (Wildman–Crippen LogP) is 2.10. The molecule has 1 aliphatic heterocycles. The van der Waals surface area contributed by atoms with Crippen molar-refractivity contribution < 1.29 is 0 Å². The van der Waals surface area contributed by atoms with E-state index in [0.717, 1.165) is 22.8 Å². The first-order chi connectivity index (χ1) is 11.7. The maximum absolute atomic E-state index is 8.84. The first-order valence-corrected chi connectivity index (χ1v) is 8.01. The summed E-state index contributed by atoms with van der Waals surface area (Å²) in [6, 6.07) is 17.2. The molecule has 6 nitrogen and oxygen atoms in total. The fourth-order valence-electron chi connectivity index (χ4n) is 2.60. The van der Waals surface area contributed by atoms with Crippen molar-refractivity contribution >= 4 is 17.3 Å². The van der Waals surface area contributed by atoms with Gasteiger partial charge in [-0.15, -0.1) is 0 Å². The molecule has 1 heterocycles. The number of hydrogen-bond donors (Lipinski definition) is 3. The molecule has 1 saturated heterocycles. The summed E-state index contributed by atoms with van der Waals surface area (Å²) in [7, 11) is 0. The minimum Gasteiger partial charge on any atom is -0.356 e. The molecule has 0 bridgehead atoms. The number of rotatable bonds is 4. The zero-order valence-corrected chi connectivity index (χ0v) is 13.9. The highest BCUT2D eigenvalue weighted by atomic mass is 35.5. The Morgan fingerprint density at radius 3 is 2.67 bits per heavy atom. The number of nitriles is 1. The van der Waals surface area contributed by atoms with E-state index in [0.29, 0.717) is 18.9 Å². The average molecular weight is 343 g/mol. The molecule has 1 fully saturated rings. The second kappa shape index (κ2) is 7.62. The van der Waals surface area contributed by atoms with E-state index in [1.807, 2.05) is 36.4 Å². The average Bonchev–Trinajstić information content (AvgIpc) is 2.60. The predicted molar refractivity (Wildman–Crippen MR) is 94.5 cm³/mol. The van der Waals surface area contributed by atoms with E-state index in [4.69, 9.17) is 22.7 Å². The van der Waals surface area contributed by atoms with E-state index in [1.54, 1.807) is 17.1 Å². The molecule has 0 radical (unpaired) electrons. The summed E-state index contributed by atoms with van der Waals surface area (Å²) in [5.41, 5.74) is 2.61. The van der Waals surface area contributed by atoms with E-state index >= 15 is 0 Å². The van der Waals surface area contributed by atoms with Gasteiger partial charge in [0.15, 0.2) is 0 Å². The third kappa shape index (κ3) is 4.03. The molecule has 0 aromatic heterocycles. The van der Waals surface area contributed by atoms with Gasteiger partial charge in [-0.1, -0.05) is 29.8 Å². The zero-order valence-electron chi connectivity index (χ0n) is 13.1. The number of benzene rings is 2. The molecule has 1 atom stereocenters. The normalized spacial score (nSPS) is 19.0. The molecule has 1 aliphatic rings. The first-order valence-electron chi connectivity index (χ1n) is 7.63. The van der Waals surface area contributed by atoms with Gasteiger partial charge in [-0.3, -0.25) is 16.1 Å². The van der Waals surface area contributed by atoms with Gasteiger partial charge in [0.25, 0.3) is 0 Å². The fraction of sp³-hybridized carbons (Fsp3) is 0.235. The van der Waals surface area contributed by atoms with E-state index in [1.165, 1.54) is 0 Å². The van der Waals surface area contributed by atoms with Crippen LogP contribution in [0.2, 0.25) is 5.02 Å². The molecule has 24 heavy (non-hydrogen) atoms. The second-order valence-corrected chi connectivity index (χ2v) is 6.08. The Hall–Kier alpha value is -2.14. The highest BCUT2D eigenvalue weighted by Crippen LogP contribution is 2.18. The zero-order chi connectivity index (χ0) is 16.9. The van der Waals surface area contributed by atoms with Crippen LogP contribution in [0.25, 0.3) is 0 Å². The third-order valence-electron chi connectivity index (χ3n) is 3.87. The van der Waals surface area contributed by atoms with E-state index in [9.17, 15) is 0 Å². The van der Waals surface area contributed by atoms with Crippen LogP contribution in [0.1, 0.15) is 11.1 Å². The minimum atomic E-state index is -0.180. The molecule has 0 aliphatic carbocycles. The van der Waals surface area contributed by atoms with Crippen molar-refractivity contribution in [3.8, 4) is 6.07 Å². The molecule has 7 heteroatoms. The summed E-state index contributed by atoms with van der Waals surface area (Å²) in [6.07, 6.45) is -0.180. The first kappa shape index (κ1) is 16.7. The lowest BCUT2D eigenvalue weighted by molar-refractivity contribution is 0.0219. The molecule has 0 saturated carbocycles. The van der Waals surface area contributed by atoms with Crippen molar-refractivity contribution in [3.63, 3.8) is 0 Å². The summed E-state index contributed by atoms with van der Waals surface area (Å²) >= 11 is 6.21. The monoisotopic (exact) mass is 342 g/mol. The van der Waals surface area contributed by atoms with Crippen molar-refractivity contribution in [2.24, 2.45) is 5.84 Å². The van der Waals surface area contributed by atoms with Crippen LogP contribution in [-0.2, 0) is 6.54 Å². The van der Waals surface area contributed by atoms with Gasteiger partial charge in [-0.2, -0.15) is 10.3 Å². The number of nitrogens with one attached hydrogen (secondary N) is 2. The molecule has 1 unspecified atom stereocenters. The van der Waals surface area contributed by atoms with Crippen molar-refractivity contribution in [2.75, 3.05) is 18.7 Å². The van der Waals surface area contributed by atoms with Crippen molar-refractivity contribution in [1.82, 2.24) is 15.2 Å². The van der Waals surface area contributed by atoms with Gasteiger partial charge >= 0.3 is 0 Å². The maximum atomic E-state index is 8.84. The summed E-state index contributed by atoms with van der Waals surface area (Å²) in [5.74, 6) is 6.15. The summed E-state index contributed by atoms with van der Waals surface area (Å²) in [4.78, 5) is 2.16. The number of hydrogen-bond acceptors (Lipinski definition) is 6. The number of nitrogens with zero attached hydrogens (tertiary/aromatic N) is 3. The van der Waals surface area contributed by atoms with Crippen LogP contribution in [0.3, 0.4) is 0 Å². The largest absolute Gasteiger partial charge is 0.356 e. The topological polar surface area (TPSA) is 80.4 Å². The van der Waals surface area contributed by atoms with Crippen molar-refractivity contribution in [2.45, 2.75) is 12.8 Å². The highest BCUT2D eigenvalue weighted by molar-refractivity contribution is 6.31. The second-order valence-electron chi connectivity index (χ2n) is 5.67. The Balaban J connectivity index is 1.57. The molecule has 3 rings (SSSR count). The highest BCUT2D eigenvalue weighted by Gasteiger charge is 2.24. The van der Waals surface area contributed by atoms with E-state index in [-0.39, 0.29) is 6.29 Å². The van der Waals surface area contributed by atoms with Crippen LogP contribution in [0.4, 0.5) is 5.69 Å². The number of hydrazine groups is 1. The van der Waals surface area contributed by atoms with E-state index in [2.05, 4.69) is 21.6 Å². The lowest BCUT2D eigenvalue weighted by Gasteiger charge is -2.40. The van der Waals surface area contributed by atoms with Gasteiger partial charge in [-0.05, 0) is 35.9 Å². The van der Waals surface area contributed by atoms with Crippen LogP contribution in [0, 0.1) is 11.3 Å². The molecule has 0 spiro atoms. The van der Waals surface area contributed by atoms with Gasteiger partial charge in [0.05, 0.1) is 25.0 Å². The van der Waals surface area contributed by atoms with Gasteiger partial charge in [0, 0.05) is 17.3 Å². The fourth-order valence-corrected chi connectivity index (χ4v) is 2.80. The van der Waals surface area contributed by atoms with Gasteiger partial charge in [0.2, 0.25) is 0 Å². The van der Waals surface area contributed by atoms with Crippen LogP contribution in [0.15, 0.2) is 48.5 Å². The van der Waals surface area contributed by atoms with Crippen LogP contribution in [0.5, 0.6) is 0 Å². The molecular weight excluding hydrogens is 324 g/mol. The molecule has 2 aromatic carbocycles. The van der Waals surface area contributed by atoms with Crippen LogP contribution < -0.4 is 16.5 Å². The van der Waals surface area contributed by atoms with Gasteiger partial charge in [0.1, 0.15) is 6.29 Å². The van der Waals surface area contributed by atoms with Crippen LogP contribution in [-0.4, -0.2) is 29.5 Å². The summed E-state index contributed by atoms with van der Waals surface area (Å²) < 4.78 is 0. The maximum Gasteiger partial charge on any atom is 0.149 e. The summed E-state index contributed by atoms with van der Waals surface area (Å²) in [5, 5.41) is 17.9.